The molecule has 0 heterocycles. The molecule has 2 unspecified atom stereocenters. The van der Waals surface area contributed by atoms with Crippen LogP contribution in [0.5, 0.6) is 11.5 Å². The molecule has 0 saturated carbocycles. The Balaban J connectivity index is 2.07. The van der Waals surface area contributed by atoms with E-state index in [0.717, 1.165) is 25.7 Å². The fourth-order valence-electron chi connectivity index (χ4n) is 3.77. The summed E-state index contributed by atoms with van der Waals surface area (Å²) in [7, 11) is 0. The Morgan fingerprint density at radius 1 is 0.788 bits per heavy atom. The number of benzene rings is 1. The minimum Gasteiger partial charge on any atom is -0.410 e. The van der Waals surface area contributed by atoms with Crippen LogP contribution >= 0.6 is 69.6 Å². The van der Waals surface area contributed by atoms with Crippen molar-refractivity contribution >= 4 is 81.8 Å². The van der Waals surface area contributed by atoms with Gasteiger partial charge in [0.25, 0.3) is 0 Å². The van der Waals surface area contributed by atoms with Crippen LogP contribution in [0.15, 0.2) is 22.2 Å². The highest BCUT2D eigenvalue weighted by Crippen LogP contribution is 2.79. The number of carbonyl (C=O) groups excluding carboxylic acids is 2. The number of rotatable bonds is 8. The lowest BCUT2D eigenvalue weighted by molar-refractivity contribution is 0.197. The van der Waals surface area contributed by atoms with Gasteiger partial charge in [-0.15, -0.1) is 23.2 Å². The van der Waals surface area contributed by atoms with Gasteiger partial charge in [0.05, 0.1) is 10.1 Å². The third-order valence-electron chi connectivity index (χ3n) is 5.49. The first kappa shape index (κ1) is 26.8. The van der Waals surface area contributed by atoms with Gasteiger partial charge in [-0.05, 0) is 25.0 Å². The van der Waals surface area contributed by atoms with Gasteiger partial charge in [0.1, 0.15) is 21.2 Å². The van der Waals surface area contributed by atoms with Crippen molar-refractivity contribution in [2.24, 2.45) is 0 Å². The van der Waals surface area contributed by atoms with Crippen LogP contribution in [0.1, 0.15) is 50.7 Å². The number of carbonyl (C=O) groups is 2. The molecule has 33 heavy (non-hydrogen) atoms. The van der Waals surface area contributed by atoms with Gasteiger partial charge in [-0.1, -0.05) is 73.1 Å². The van der Waals surface area contributed by atoms with Crippen LogP contribution < -0.4 is 20.1 Å². The molecule has 2 aliphatic carbocycles. The van der Waals surface area contributed by atoms with E-state index in [1.807, 2.05) is 13.8 Å². The van der Waals surface area contributed by atoms with E-state index in [1.165, 1.54) is 12.1 Å². The number of unbranched alkanes of at least 4 members (excludes halogenated alkanes) is 2. The van der Waals surface area contributed by atoms with E-state index in [0.29, 0.717) is 13.1 Å². The molecule has 2 aliphatic rings. The Labute approximate surface area is 222 Å². The number of allylic oxidation sites excluding steroid dienone is 2. The first-order chi connectivity index (χ1) is 15.5. The van der Waals surface area contributed by atoms with Gasteiger partial charge in [0, 0.05) is 24.2 Å². The molecule has 1 aromatic rings. The summed E-state index contributed by atoms with van der Waals surface area (Å²) in [6.45, 7) is 4.82. The molecule has 1 aromatic carbocycles. The highest BCUT2D eigenvalue weighted by atomic mass is 35.5. The summed E-state index contributed by atoms with van der Waals surface area (Å²) in [5.41, 5.74) is 0.200. The molecule has 0 radical (unpaired) electrons. The molecule has 6 nitrogen and oxygen atoms in total. The van der Waals surface area contributed by atoms with Crippen LogP contribution in [0.3, 0.4) is 0 Å². The summed E-state index contributed by atoms with van der Waals surface area (Å²) in [5, 5.41) is 5.05. The van der Waals surface area contributed by atoms with Gasteiger partial charge in [-0.25, -0.2) is 9.59 Å². The smallest absolute Gasteiger partial charge is 0.410 e. The van der Waals surface area contributed by atoms with E-state index in [2.05, 4.69) is 10.6 Å². The maximum Gasteiger partial charge on any atom is 0.412 e. The summed E-state index contributed by atoms with van der Waals surface area (Å²) in [6, 6.07) is 2.81. The predicted molar refractivity (Wildman–Crippen MR) is 133 cm³/mol. The summed E-state index contributed by atoms with van der Waals surface area (Å²) in [6.07, 6.45) is 1.89. The number of hydrogen-bond donors (Lipinski definition) is 2. The lowest BCUT2D eigenvalue weighted by Gasteiger charge is -2.31. The zero-order valence-electron chi connectivity index (χ0n) is 17.8. The molecule has 0 saturated heterocycles. The van der Waals surface area contributed by atoms with E-state index in [-0.39, 0.29) is 32.7 Å². The molecule has 0 aromatic heterocycles. The van der Waals surface area contributed by atoms with Crippen LogP contribution in [-0.2, 0) is 9.75 Å². The molecule has 0 fully saturated rings. The summed E-state index contributed by atoms with van der Waals surface area (Å²) >= 11 is 40.0. The maximum absolute atomic E-state index is 12.4. The quantitative estimate of drug-likeness (QED) is 0.252. The number of halogens is 6. The minimum absolute atomic E-state index is 0.00302. The number of hydrogen-bond acceptors (Lipinski definition) is 4. The third kappa shape index (κ3) is 4.15. The van der Waals surface area contributed by atoms with E-state index in [4.69, 9.17) is 79.1 Å². The van der Waals surface area contributed by atoms with Crippen molar-refractivity contribution in [3.05, 3.63) is 33.3 Å². The van der Waals surface area contributed by atoms with Gasteiger partial charge in [-0.3, -0.25) is 0 Å². The number of amides is 2. The largest absolute Gasteiger partial charge is 0.412 e. The van der Waals surface area contributed by atoms with Gasteiger partial charge in [-0.2, -0.15) is 0 Å². The highest BCUT2D eigenvalue weighted by Gasteiger charge is 2.79. The molecule has 3 rings (SSSR count). The molecular weight excluding hydrogens is 557 g/mol. The van der Waals surface area contributed by atoms with Crippen LogP contribution in [0.4, 0.5) is 9.59 Å². The minimum atomic E-state index is -1.99. The lowest BCUT2D eigenvalue weighted by Crippen LogP contribution is -2.39. The normalized spacial score (nSPS) is 24.5. The second-order valence-corrected chi connectivity index (χ2v) is 10.9. The molecule has 2 N–H and O–H groups in total. The van der Waals surface area contributed by atoms with Crippen molar-refractivity contribution < 1.29 is 19.1 Å². The average molecular weight is 579 g/mol. The zero-order valence-corrected chi connectivity index (χ0v) is 22.3. The highest BCUT2D eigenvalue weighted by molar-refractivity contribution is 6.65. The van der Waals surface area contributed by atoms with E-state index >= 15 is 0 Å². The van der Waals surface area contributed by atoms with Crippen LogP contribution in [0, 0.1) is 0 Å². The molecular formula is C21H22Cl6N2O4. The second kappa shape index (κ2) is 10.1. The molecule has 12 heteroatoms. The van der Waals surface area contributed by atoms with Crippen molar-refractivity contribution in [1.29, 1.82) is 0 Å². The number of nitrogens with one attached hydrogen (secondary N) is 2. The number of alkyl halides is 4. The maximum atomic E-state index is 12.4. The van der Waals surface area contributed by atoms with Crippen molar-refractivity contribution in [3.8, 4) is 11.5 Å². The Morgan fingerprint density at radius 2 is 1.15 bits per heavy atom. The average Bonchev–Trinajstić information content (AvgIpc) is 2.97. The Kier molecular flexibility index (Phi) is 8.20. The topological polar surface area (TPSA) is 76.7 Å². The van der Waals surface area contributed by atoms with E-state index in [1.54, 1.807) is 0 Å². The number of fused-ring (bicyclic) bond motifs is 5. The molecule has 0 spiro atoms. The second-order valence-electron chi connectivity index (χ2n) is 7.67. The monoisotopic (exact) mass is 576 g/mol. The Hall–Kier alpha value is -0.760. The van der Waals surface area contributed by atoms with Gasteiger partial charge < -0.3 is 20.1 Å². The third-order valence-corrected chi connectivity index (χ3v) is 9.56. The van der Waals surface area contributed by atoms with Crippen molar-refractivity contribution in [2.45, 2.75) is 53.6 Å². The van der Waals surface area contributed by atoms with Crippen molar-refractivity contribution in [3.63, 3.8) is 0 Å². The Bertz CT molecular complexity index is 926. The lowest BCUT2D eigenvalue weighted by atomic mass is 9.93. The molecule has 2 bridgehead atoms. The summed E-state index contributed by atoms with van der Waals surface area (Å²) < 4.78 is 8.99. The summed E-state index contributed by atoms with van der Waals surface area (Å²) in [4.78, 5) is 21.0. The SMILES string of the molecule is CCCCNC(=O)Oc1ccc(OC(=O)NCCCC)c2c1C1(Cl)C(Cl)=C(Cl)C2(Cl)C1(Cl)Cl. The van der Waals surface area contributed by atoms with Gasteiger partial charge >= 0.3 is 12.2 Å². The van der Waals surface area contributed by atoms with E-state index < -0.39 is 26.3 Å². The molecule has 0 aliphatic heterocycles. The van der Waals surface area contributed by atoms with E-state index in [9.17, 15) is 9.59 Å². The number of ether oxygens (including phenoxy) is 2. The summed E-state index contributed by atoms with van der Waals surface area (Å²) in [5.74, 6) is 0.00603. The van der Waals surface area contributed by atoms with Crippen molar-refractivity contribution in [2.75, 3.05) is 13.1 Å². The predicted octanol–water partition coefficient (Wildman–Crippen LogP) is 7.22. The fourth-order valence-corrected chi connectivity index (χ4v) is 6.47. The molecule has 2 atom stereocenters. The van der Waals surface area contributed by atoms with Crippen molar-refractivity contribution in [1.82, 2.24) is 10.6 Å². The van der Waals surface area contributed by atoms with Gasteiger partial charge in [0.15, 0.2) is 4.33 Å². The van der Waals surface area contributed by atoms with Crippen LogP contribution in [-0.4, -0.2) is 29.6 Å². The molecule has 182 valence electrons. The zero-order chi connectivity index (χ0) is 24.6. The van der Waals surface area contributed by atoms with Crippen LogP contribution in [0.2, 0.25) is 0 Å². The first-order valence-corrected chi connectivity index (χ1v) is 12.7. The van der Waals surface area contributed by atoms with Gasteiger partial charge in [0.2, 0.25) is 0 Å². The first-order valence-electron chi connectivity index (χ1n) is 10.4. The fraction of sp³-hybridized carbons (Fsp3) is 0.524. The molecule has 2 amide bonds. The Morgan fingerprint density at radius 3 is 1.48 bits per heavy atom. The van der Waals surface area contributed by atoms with Crippen LogP contribution in [0.25, 0.3) is 0 Å². The standard InChI is InChI=1S/C21H22Cl6N2O4/c1-3-5-9-28-17(30)32-11-7-8-12(33-18(31)29-10-6-4-2)14-13(11)19(24)15(22)16(23)20(14,25)21(19,26)27/h7-8H,3-6,9-10H2,1-2H3,(H,28,30)(H,29,31).